The molecular weight excluding hydrogens is 510 g/mol. The van der Waals surface area contributed by atoms with Crippen molar-refractivity contribution in [1.82, 2.24) is 0 Å². The van der Waals surface area contributed by atoms with Crippen LogP contribution < -0.4 is 22.4 Å². The maximum atomic E-state index is 13.5. The van der Waals surface area contributed by atoms with Crippen molar-refractivity contribution in [2.45, 2.75) is 53.5 Å². The number of rotatable bonds is 12. The predicted molar refractivity (Wildman–Crippen MR) is 143 cm³/mol. The summed E-state index contributed by atoms with van der Waals surface area (Å²) in [4.78, 5) is 75.0. The standard InChI is InChI=1S/C26H33N5O8/c1-7-26(5,6)30-17-10-15(23(34)38-27)9-16(11-17)29-22(33)19-12-18(14(2)8-20(19)24(35)39-28)21(32)25(3,4)13-37-31-36/h8-12,30H,7,13,27-28H2,1-6H3,(H,29,33). The van der Waals surface area contributed by atoms with Gasteiger partial charge in [0.1, 0.15) is 6.61 Å². The highest BCUT2D eigenvalue weighted by atomic mass is 16.7. The van der Waals surface area contributed by atoms with E-state index in [0.29, 0.717) is 11.3 Å². The normalized spacial score (nSPS) is 11.3. The number of nitrogens with zero attached hydrogens (tertiary/aromatic N) is 1. The lowest BCUT2D eigenvalue weighted by molar-refractivity contribution is 0.0482. The van der Waals surface area contributed by atoms with Crippen LogP contribution in [0.4, 0.5) is 11.4 Å². The number of anilines is 2. The Morgan fingerprint density at radius 2 is 1.49 bits per heavy atom. The van der Waals surface area contributed by atoms with Crippen LogP contribution in [0.25, 0.3) is 0 Å². The zero-order chi connectivity index (χ0) is 29.5. The summed E-state index contributed by atoms with van der Waals surface area (Å²) in [7, 11) is 0. The highest BCUT2D eigenvalue weighted by molar-refractivity contribution is 6.13. The molecule has 2 aromatic carbocycles. The van der Waals surface area contributed by atoms with E-state index in [9.17, 15) is 24.1 Å². The van der Waals surface area contributed by atoms with Crippen LogP contribution in [0.1, 0.15) is 88.0 Å². The third kappa shape index (κ3) is 7.58. The molecule has 0 heterocycles. The van der Waals surface area contributed by atoms with Gasteiger partial charge in [0, 0.05) is 22.5 Å². The largest absolute Gasteiger partial charge is 0.380 e. The molecule has 13 nitrogen and oxygen atoms in total. The van der Waals surface area contributed by atoms with Gasteiger partial charge in [0.2, 0.25) is 0 Å². The van der Waals surface area contributed by atoms with Crippen molar-refractivity contribution in [3.8, 4) is 0 Å². The first kappa shape index (κ1) is 30.9. The Morgan fingerprint density at radius 3 is 2.05 bits per heavy atom. The zero-order valence-electron chi connectivity index (χ0n) is 22.7. The summed E-state index contributed by atoms with van der Waals surface area (Å²) in [6.07, 6.45) is 0.745. The summed E-state index contributed by atoms with van der Waals surface area (Å²) in [5, 5.41) is 8.23. The Labute approximate surface area is 225 Å². The molecule has 0 unspecified atom stereocenters. The Kier molecular flexibility index (Phi) is 9.86. The quantitative estimate of drug-likeness (QED) is 0.172. The maximum absolute atomic E-state index is 13.5. The Balaban J connectivity index is 2.60. The average molecular weight is 544 g/mol. The number of ketones is 1. The molecule has 1 amide bonds. The monoisotopic (exact) mass is 543 g/mol. The molecule has 0 radical (unpaired) electrons. The zero-order valence-corrected chi connectivity index (χ0v) is 22.7. The number of amides is 1. The first-order valence-electron chi connectivity index (χ1n) is 11.9. The molecule has 2 rings (SSSR count). The van der Waals surface area contributed by atoms with E-state index in [4.69, 9.17) is 11.8 Å². The van der Waals surface area contributed by atoms with Gasteiger partial charge >= 0.3 is 11.9 Å². The highest BCUT2D eigenvalue weighted by Crippen LogP contribution is 2.29. The van der Waals surface area contributed by atoms with Crippen molar-refractivity contribution < 1.29 is 33.7 Å². The minimum Gasteiger partial charge on any atom is -0.380 e. The summed E-state index contributed by atoms with van der Waals surface area (Å²) in [6, 6.07) is 6.96. The van der Waals surface area contributed by atoms with Crippen LogP contribution >= 0.6 is 0 Å². The summed E-state index contributed by atoms with van der Waals surface area (Å²) in [6.45, 7) is 10.2. The third-order valence-electron chi connectivity index (χ3n) is 6.17. The molecule has 0 saturated heterocycles. The van der Waals surface area contributed by atoms with Crippen LogP contribution in [-0.4, -0.2) is 35.8 Å². The van der Waals surface area contributed by atoms with Gasteiger partial charge in [-0.3, -0.25) is 9.59 Å². The molecule has 0 spiro atoms. The lowest BCUT2D eigenvalue weighted by Crippen LogP contribution is -2.30. The Bertz CT molecular complexity index is 1290. The second-order valence-electron chi connectivity index (χ2n) is 10.2. The van der Waals surface area contributed by atoms with Crippen molar-refractivity contribution >= 4 is 35.0 Å². The molecule has 0 aliphatic heterocycles. The number of nitrogens with two attached hydrogens (primary N) is 2. The van der Waals surface area contributed by atoms with Crippen molar-refractivity contribution in [3.63, 3.8) is 0 Å². The number of aryl methyl sites for hydroxylation is 1. The van der Waals surface area contributed by atoms with Gasteiger partial charge < -0.3 is 25.1 Å². The first-order chi connectivity index (χ1) is 18.2. The molecule has 0 aromatic heterocycles. The van der Waals surface area contributed by atoms with Crippen molar-refractivity contribution in [3.05, 3.63) is 63.1 Å². The van der Waals surface area contributed by atoms with Gasteiger partial charge in [0.05, 0.1) is 22.1 Å². The second kappa shape index (κ2) is 12.5. The summed E-state index contributed by atoms with van der Waals surface area (Å²) < 4.78 is 0. The fourth-order valence-corrected chi connectivity index (χ4v) is 3.63. The molecule has 6 N–H and O–H groups in total. The predicted octanol–water partition coefficient (Wildman–Crippen LogP) is 3.82. The van der Waals surface area contributed by atoms with E-state index >= 15 is 0 Å². The minimum atomic E-state index is -1.19. The van der Waals surface area contributed by atoms with Gasteiger partial charge in [-0.25, -0.2) is 9.59 Å². The molecule has 0 bridgehead atoms. The van der Waals surface area contributed by atoms with E-state index in [1.165, 1.54) is 38.1 Å². The van der Waals surface area contributed by atoms with E-state index in [1.807, 2.05) is 20.8 Å². The van der Waals surface area contributed by atoms with Gasteiger partial charge in [-0.15, -0.1) is 4.91 Å². The van der Waals surface area contributed by atoms with Crippen LogP contribution in [0.15, 0.2) is 35.7 Å². The number of carbonyl (C=O) groups excluding carboxylic acids is 4. The third-order valence-corrected chi connectivity index (χ3v) is 6.17. The van der Waals surface area contributed by atoms with Crippen LogP contribution in [0.3, 0.4) is 0 Å². The molecule has 0 aliphatic rings. The van der Waals surface area contributed by atoms with Crippen LogP contribution in [0.5, 0.6) is 0 Å². The van der Waals surface area contributed by atoms with E-state index in [-0.39, 0.29) is 40.1 Å². The molecular formula is C26H33N5O8. The van der Waals surface area contributed by atoms with Gasteiger partial charge in [-0.1, -0.05) is 6.92 Å². The molecule has 13 heteroatoms. The lowest BCUT2D eigenvalue weighted by Gasteiger charge is -2.26. The van der Waals surface area contributed by atoms with Crippen LogP contribution in [0, 0.1) is 17.2 Å². The lowest BCUT2D eigenvalue weighted by atomic mass is 9.82. The van der Waals surface area contributed by atoms with Gasteiger partial charge in [0.25, 0.3) is 5.91 Å². The van der Waals surface area contributed by atoms with Crippen LogP contribution in [-0.2, 0) is 14.5 Å². The van der Waals surface area contributed by atoms with Crippen molar-refractivity contribution in [2.24, 2.45) is 22.5 Å². The SMILES string of the molecule is CCC(C)(C)Nc1cc(NC(=O)c2cc(C(=O)C(C)(C)CON=O)c(C)cc2C(=O)ON)cc(C(=O)ON)c1. The van der Waals surface area contributed by atoms with Crippen LogP contribution in [0.2, 0.25) is 0 Å². The van der Waals surface area contributed by atoms with Crippen molar-refractivity contribution in [1.29, 1.82) is 0 Å². The topological polar surface area (TPSA) is 201 Å². The molecule has 0 aliphatic carbocycles. The van der Waals surface area contributed by atoms with Crippen molar-refractivity contribution in [2.75, 3.05) is 17.2 Å². The first-order valence-corrected chi connectivity index (χ1v) is 11.9. The number of nitrogens with one attached hydrogen (secondary N) is 2. The summed E-state index contributed by atoms with van der Waals surface area (Å²) in [5.41, 5.74) is -0.799. The molecule has 0 saturated carbocycles. The smallest absolute Gasteiger partial charge is 0.357 e. The number of carbonyl (C=O) groups is 4. The van der Waals surface area contributed by atoms with E-state index in [0.717, 1.165) is 6.42 Å². The highest BCUT2D eigenvalue weighted by Gasteiger charge is 2.33. The fourth-order valence-electron chi connectivity index (χ4n) is 3.63. The van der Waals surface area contributed by atoms with E-state index < -0.39 is 29.0 Å². The second-order valence-corrected chi connectivity index (χ2v) is 10.2. The average Bonchev–Trinajstić information content (AvgIpc) is 2.89. The fraction of sp³-hybridized carbons (Fsp3) is 0.385. The number of Topliss-reactive ketones (excluding diaryl/α,β-unsaturated/α-hetero) is 1. The van der Waals surface area contributed by atoms with E-state index in [2.05, 4.69) is 30.5 Å². The van der Waals surface area contributed by atoms with Gasteiger partial charge in [0.15, 0.2) is 11.1 Å². The number of benzene rings is 2. The molecule has 39 heavy (non-hydrogen) atoms. The van der Waals surface area contributed by atoms with Gasteiger partial charge in [-0.05, 0) is 76.9 Å². The maximum Gasteiger partial charge on any atom is 0.357 e. The molecule has 210 valence electrons. The summed E-state index contributed by atoms with van der Waals surface area (Å²) >= 11 is 0. The number of hydrogen-bond acceptors (Lipinski definition) is 12. The molecule has 0 fully saturated rings. The van der Waals surface area contributed by atoms with Gasteiger partial charge in [-0.2, -0.15) is 11.8 Å². The number of hydrogen-bond donors (Lipinski definition) is 4. The molecule has 0 atom stereocenters. The Hall–Kier alpha value is -4.36. The minimum absolute atomic E-state index is 0.0524. The Morgan fingerprint density at radius 1 is 0.872 bits per heavy atom. The molecule has 2 aromatic rings. The van der Waals surface area contributed by atoms with E-state index in [1.54, 1.807) is 13.0 Å². The summed E-state index contributed by atoms with van der Waals surface area (Å²) in [5.74, 6) is 7.02.